The minimum atomic E-state index is -3.99. The standard InChI is InChI=1S/C21H21ClN4O4S/c1-12-6-7-15(19-24-21(30-25-19)14-8-9-14)10-18(12)31(28,29)26-13(2)20(27)23-17-5-3-4-16(22)11-17/h3-7,10-11,13-14,26H,8-9H2,1-2H3,(H,23,27)/t13-/m0/s1. The summed E-state index contributed by atoms with van der Waals surface area (Å²) in [5, 5.41) is 7.08. The molecule has 1 amide bonds. The molecule has 162 valence electrons. The second kappa shape index (κ2) is 8.41. The van der Waals surface area contributed by atoms with Gasteiger partial charge in [-0.25, -0.2) is 8.42 Å². The van der Waals surface area contributed by atoms with Crippen LogP contribution in [0.15, 0.2) is 51.9 Å². The van der Waals surface area contributed by atoms with E-state index in [1.165, 1.54) is 13.0 Å². The fraction of sp³-hybridized carbons (Fsp3) is 0.286. The molecule has 1 aliphatic rings. The number of anilines is 1. The van der Waals surface area contributed by atoms with Crippen molar-refractivity contribution in [1.82, 2.24) is 14.9 Å². The van der Waals surface area contributed by atoms with E-state index in [-0.39, 0.29) is 4.90 Å². The normalized spacial score (nSPS) is 14.9. The van der Waals surface area contributed by atoms with Gasteiger partial charge in [-0.1, -0.05) is 35.0 Å². The summed E-state index contributed by atoms with van der Waals surface area (Å²) < 4.78 is 33.7. The number of carbonyl (C=O) groups is 1. The molecule has 0 saturated heterocycles. The molecular formula is C21H21ClN4O4S. The molecule has 0 radical (unpaired) electrons. The van der Waals surface area contributed by atoms with Crippen molar-refractivity contribution in [3.63, 3.8) is 0 Å². The van der Waals surface area contributed by atoms with Crippen LogP contribution in [0, 0.1) is 6.92 Å². The Morgan fingerprint density at radius 2 is 2.00 bits per heavy atom. The smallest absolute Gasteiger partial charge is 0.242 e. The minimum Gasteiger partial charge on any atom is -0.339 e. The molecule has 4 rings (SSSR count). The zero-order valence-corrected chi connectivity index (χ0v) is 18.5. The third kappa shape index (κ3) is 4.95. The Morgan fingerprint density at radius 1 is 1.23 bits per heavy atom. The van der Waals surface area contributed by atoms with Gasteiger partial charge in [0.15, 0.2) is 0 Å². The molecule has 2 aromatic carbocycles. The lowest BCUT2D eigenvalue weighted by atomic mass is 10.1. The highest BCUT2D eigenvalue weighted by atomic mass is 35.5. The van der Waals surface area contributed by atoms with Gasteiger partial charge < -0.3 is 9.84 Å². The molecule has 2 N–H and O–H groups in total. The lowest BCUT2D eigenvalue weighted by Crippen LogP contribution is -2.41. The number of hydrogen-bond donors (Lipinski definition) is 2. The average molecular weight is 461 g/mol. The van der Waals surface area contributed by atoms with Crippen LogP contribution in [0.3, 0.4) is 0 Å². The SMILES string of the molecule is Cc1ccc(-c2noc(C3CC3)n2)cc1S(=O)(=O)N[C@@H](C)C(=O)Nc1cccc(Cl)c1. The van der Waals surface area contributed by atoms with Crippen molar-refractivity contribution >= 4 is 33.2 Å². The molecule has 1 aromatic heterocycles. The quantitative estimate of drug-likeness (QED) is 0.553. The van der Waals surface area contributed by atoms with Crippen LogP contribution in [0.4, 0.5) is 5.69 Å². The molecule has 3 aromatic rings. The van der Waals surface area contributed by atoms with E-state index in [0.717, 1.165) is 12.8 Å². The van der Waals surface area contributed by atoms with E-state index in [9.17, 15) is 13.2 Å². The fourth-order valence-electron chi connectivity index (χ4n) is 3.04. The molecule has 0 spiro atoms. The van der Waals surface area contributed by atoms with E-state index in [1.54, 1.807) is 43.3 Å². The average Bonchev–Trinajstić information content (AvgIpc) is 3.45. The number of hydrogen-bond acceptors (Lipinski definition) is 6. The fourth-order valence-corrected chi connectivity index (χ4v) is 4.71. The molecule has 1 heterocycles. The number of rotatable bonds is 7. The molecule has 1 aliphatic carbocycles. The maximum atomic E-state index is 13.0. The molecule has 0 bridgehead atoms. The second-order valence-corrected chi connectivity index (χ2v) is 9.67. The summed E-state index contributed by atoms with van der Waals surface area (Å²) in [6.07, 6.45) is 2.04. The first kappa shape index (κ1) is 21.5. The Balaban J connectivity index is 1.52. The van der Waals surface area contributed by atoms with Gasteiger partial charge in [0.05, 0.1) is 10.9 Å². The number of benzene rings is 2. The number of nitrogens with zero attached hydrogens (tertiary/aromatic N) is 2. The predicted molar refractivity (Wildman–Crippen MR) is 116 cm³/mol. The van der Waals surface area contributed by atoms with Crippen LogP contribution >= 0.6 is 11.6 Å². The number of aromatic nitrogens is 2. The highest BCUT2D eigenvalue weighted by molar-refractivity contribution is 7.89. The van der Waals surface area contributed by atoms with Crippen molar-refractivity contribution in [3.8, 4) is 11.4 Å². The zero-order chi connectivity index (χ0) is 22.2. The Kier molecular flexibility index (Phi) is 5.83. The summed E-state index contributed by atoms with van der Waals surface area (Å²) in [4.78, 5) is 16.9. The number of carbonyl (C=O) groups excluding carboxylic acids is 1. The molecule has 1 atom stereocenters. The number of amides is 1. The van der Waals surface area contributed by atoms with Crippen molar-refractivity contribution in [2.75, 3.05) is 5.32 Å². The topological polar surface area (TPSA) is 114 Å². The summed E-state index contributed by atoms with van der Waals surface area (Å²) in [6.45, 7) is 3.15. The lowest BCUT2D eigenvalue weighted by Gasteiger charge is -2.16. The first-order chi connectivity index (χ1) is 14.7. The second-order valence-electron chi connectivity index (χ2n) is 7.55. The van der Waals surface area contributed by atoms with Crippen LogP contribution in [-0.2, 0) is 14.8 Å². The Hall–Kier alpha value is -2.75. The summed E-state index contributed by atoms with van der Waals surface area (Å²) in [7, 11) is -3.99. The first-order valence-electron chi connectivity index (χ1n) is 9.76. The van der Waals surface area contributed by atoms with Crippen LogP contribution in [0.25, 0.3) is 11.4 Å². The highest BCUT2D eigenvalue weighted by Crippen LogP contribution is 2.39. The monoisotopic (exact) mass is 460 g/mol. The summed E-state index contributed by atoms with van der Waals surface area (Å²) in [5.41, 5.74) is 1.53. The first-order valence-corrected chi connectivity index (χ1v) is 11.6. The van der Waals surface area contributed by atoms with Crippen molar-refractivity contribution in [2.45, 2.75) is 43.5 Å². The van der Waals surface area contributed by atoms with Crippen molar-refractivity contribution in [2.24, 2.45) is 0 Å². The van der Waals surface area contributed by atoms with Gasteiger partial charge in [0.25, 0.3) is 0 Å². The number of halogens is 1. The third-order valence-electron chi connectivity index (χ3n) is 4.92. The van der Waals surface area contributed by atoms with Crippen LogP contribution in [0.5, 0.6) is 0 Å². The van der Waals surface area contributed by atoms with E-state index in [0.29, 0.717) is 39.5 Å². The van der Waals surface area contributed by atoms with Gasteiger partial charge in [-0.2, -0.15) is 9.71 Å². The van der Waals surface area contributed by atoms with Crippen molar-refractivity contribution < 1.29 is 17.7 Å². The van der Waals surface area contributed by atoms with Crippen molar-refractivity contribution in [3.05, 3.63) is 58.9 Å². The van der Waals surface area contributed by atoms with Crippen LogP contribution < -0.4 is 10.0 Å². The number of sulfonamides is 1. The van der Waals surface area contributed by atoms with E-state index in [1.807, 2.05) is 0 Å². The Labute approximate surface area is 185 Å². The summed E-state index contributed by atoms with van der Waals surface area (Å²) >= 11 is 5.92. The van der Waals surface area contributed by atoms with E-state index in [4.69, 9.17) is 16.1 Å². The van der Waals surface area contributed by atoms with Crippen LogP contribution in [-0.4, -0.2) is 30.5 Å². The lowest BCUT2D eigenvalue weighted by molar-refractivity contribution is -0.117. The summed E-state index contributed by atoms with van der Waals surface area (Å²) in [5.74, 6) is 0.705. The van der Waals surface area contributed by atoms with E-state index >= 15 is 0 Å². The van der Waals surface area contributed by atoms with Gasteiger partial charge in [-0.3, -0.25) is 4.79 Å². The maximum absolute atomic E-state index is 13.0. The van der Waals surface area contributed by atoms with Crippen LogP contribution in [0.2, 0.25) is 5.02 Å². The van der Waals surface area contributed by atoms with Gasteiger partial charge in [0, 0.05) is 22.2 Å². The molecule has 0 aliphatic heterocycles. The molecule has 8 nitrogen and oxygen atoms in total. The van der Waals surface area contributed by atoms with E-state index in [2.05, 4.69) is 20.2 Å². The van der Waals surface area contributed by atoms with Crippen LogP contribution in [0.1, 0.15) is 37.1 Å². The summed E-state index contributed by atoms with van der Waals surface area (Å²) in [6, 6.07) is 10.5. The molecule has 0 unspecified atom stereocenters. The molecule has 1 saturated carbocycles. The van der Waals surface area contributed by atoms with Gasteiger partial charge >= 0.3 is 0 Å². The van der Waals surface area contributed by atoms with Gasteiger partial charge in [-0.15, -0.1) is 0 Å². The minimum absolute atomic E-state index is 0.0465. The van der Waals surface area contributed by atoms with Gasteiger partial charge in [0.1, 0.15) is 0 Å². The predicted octanol–water partition coefficient (Wildman–Crippen LogP) is 3.88. The zero-order valence-electron chi connectivity index (χ0n) is 16.9. The molecule has 31 heavy (non-hydrogen) atoms. The van der Waals surface area contributed by atoms with Crippen molar-refractivity contribution in [1.29, 1.82) is 0 Å². The molecular weight excluding hydrogens is 440 g/mol. The maximum Gasteiger partial charge on any atom is 0.242 e. The van der Waals surface area contributed by atoms with Gasteiger partial charge in [-0.05, 0) is 56.5 Å². The van der Waals surface area contributed by atoms with E-state index < -0.39 is 22.0 Å². The van der Waals surface area contributed by atoms with Gasteiger partial charge in [0.2, 0.25) is 27.6 Å². The Bertz CT molecular complexity index is 1240. The molecule has 10 heteroatoms. The number of aryl methyl sites for hydroxylation is 1. The number of nitrogens with one attached hydrogen (secondary N) is 2. The largest absolute Gasteiger partial charge is 0.339 e. The highest BCUT2D eigenvalue weighted by Gasteiger charge is 2.30. The Morgan fingerprint density at radius 3 is 2.71 bits per heavy atom. The molecule has 1 fully saturated rings. The third-order valence-corrected chi connectivity index (χ3v) is 6.84.